The van der Waals surface area contributed by atoms with Crippen LogP contribution in [-0.2, 0) is 9.59 Å². The lowest BCUT2D eigenvalue weighted by molar-refractivity contribution is -0.167. The molecular formula is C33H52N4O2. The summed E-state index contributed by atoms with van der Waals surface area (Å²) in [5.74, 6) is 3.85. The molecule has 8 saturated heterocycles. The molecule has 2 amide bonds. The van der Waals surface area contributed by atoms with Crippen LogP contribution in [0.1, 0.15) is 103 Å². The van der Waals surface area contributed by atoms with Crippen LogP contribution < -0.4 is 0 Å². The molecule has 0 aliphatic carbocycles. The zero-order valence-corrected chi connectivity index (χ0v) is 24.3. The minimum absolute atomic E-state index is 0.331. The predicted molar refractivity (Wildman–Crippen MR) is 152 cm³/mol. The summed E-state index contributed by atoms with van der Waals surface area (Å²) in [6.45, 7) is 7.27. The second kappa shape index (κ2) is 10.00. The van der Waals surface area contributed by atoms with Crippen molar-refractivity contribution in [3.05, 3.63) is 0 Å². The number of nitrogens with zero attached hydrogens (tertiary/aromatic N) is 4. The highest BCUT2D eigenvalue weighted by Gasteiger charge is 2.58. The first-order chi connectivity index (χ1) is 19.1. The minimum Gasteiger partial charge on any atom is -0.339 e. The number of rotatable bonds is 4. The maximum Gasteiger partial charge on any atom is 0.222 e. The van der Waals surface area contributed by atoms with Crippen molar-refractivity contribution in [3.8, 4) is 0 Å². The van der Waals surface area contributed by atoms with Crippen LogP contribution in [0.4, 0.5) is 0 Å². The van der Waals surface area contributed by atoms with Gasteiger partial charge in [-0.25, -0.2) is 0 Å². The Bertz CT molecular complexity index is 969. The molecule has 6 heteroatoms. The normalized spacial score (nSPS) is 46.3. The van der Waals surface area contributed by atoms with E-state index in [1.54, 1.807) is 0 Å². The highest BCUT2D eigenvalue weighted by atomic mass is 16.2. The van der Waals surface area contributed by atoms with Crippen molar-refractivity contribution in [2.75, 3.05) is 39.3 Å². The van der Waals surface area contributed by atoms with Gasteiger partial charge in [0.1, 0.15) is 0 Å². The van der Waals surface area contributed by atoms with Crippen molar-refractivity contribution in [1.82, 2.24) is 19.6 Å². The van der Waals surface area contributed by atoms with E-state index < -0.39 is 0 Å². The summed E-state index contributed by atoms with van der Waals surface area (Å²) in [6.07, 6.45) is 19.6. The predicted octanol–water partition coefficient (Wildman–Crippen LogP) is 4.52. The Balaban J connectivity index is 0.991. The highest BCUT2D eigenvalue weighted by molar-refractivity contribution is 5.78. The van der Waals surface area contributed by atoms with Crippen molar-refractivity contribution >= 4 is 11.8 Å². The summed E-state index contributed by atoms with van der Waals surface area (Å²) in [5, 5.41) is 0. The van der Waals surface area contributed by atoms with Gasteiger partial charge in [0.25, 0.3) is 0 Å². The monoisotopic (exact) mass is 536 g/mol. The van der Waals surface area contributed by atoms with Crippen molar-refractivity contribution in [3.63, 3.8) is 0 Å². The molecule has 0 aromatic carbocycles. The van der Waals surface area contributed by atoms with Crippen LogP contribution >= 0.6 is 0 Å². The van der Waals surface area contributed by atoms with E-state index in [1.807, 2.05) is 0 Å². The van der Waals surface area contributed by atoms with Gasteiger partial charge in [0.2, 0.25) is 11.8 Å². The second-order valence-corrected chi connectivity index (χ2v) is 15.3. The van der Waals surface area contributed by atoms with Gasteiger partial charge in [-0.1, -0.05) is 6.42 Å². The molecule has 0 bridgehead atoms. The van der Waals surface area contributed by atoms with Crippen LogP contribution in [0.15, 0.2) is 0 Å². The molecular weight excluding hydrogens is 484 g/mol. The van der Waals surface area contributed by atoms with E-state index in [0.717, 1.165) is 68.6 Å². The lowest BCUT2D eigenvalue weighted by Crippen LogP contribution is -2.71. The Kier molecular flexibility index (Phi) is 6.55. The number of carbonyl (C=O) groups is 2. The number of amides is 2. The molecule has 8 unspecified atom stereocenters. The average Bonchev–Trinajstić information content (AvgIpc) is 2.95. The van der Waals surface area contributed by atoms with Crippen LogP contribution in [0, 0.1) is 29.1 Å². The molecule has 0 aromatic heterocycles. The van der Waals surface area contributed by atoms with Crippen LogP contribution in [0.25, 0.3) is 0 Å². The largest absolute Gasteiger partial charge is 0.339 e. The fraction of sp³-hybridized carbons (Fsp3) is 0.939. The van der Waals surface area contributed by atoms with E-state index in [4.69, 9.17) is 0 Å². The fourth-order valence-corrected chi connectivity index (χ4v) is 12.2. The Morgan fingerprint density at radius 1 is 0.744 bits per heavy atom. The Labute approximate surface area is 236 Å². The van der Waals surface area contributed by atoms with Gasteiger partial charge in [0, 0.05) is 62.1 Å². The number of hydrogen-bond acceptors (Lipinski definition) is 4. The van der Waals surface area contributed by atoms with Crippen LogP contribution in [0.3, 0.4) is 0 Å². The Morgan fingerprint density at radius 3 is 2.36 bits per heavy atom. The zero-order chi connectivity index (χ0) is 26.1. The first kappa shape index (κ1) is 25.6. The van der Waals surface area contributed by atoms with Gasteiger partial charge >= 0.3 is 0 Å². The van der Waals surface area contributed by atoms with E-state index in [0.29, 0.717) is 35.2 Å². The standard InChI is InChI=1S/C33H52N4O2/c38-29-12-2-11-28-26-19-23(20-35-17-4-8-24(31(26)35)21-36(28)29)7-3-14-33-15-6-18-34-16-5-9-25(32(33)34)27-10-1-13-30(39)37(27)22-33/h23-28,31-32H,1-22H2/t23-,24?,25?,26?,27?,28?,31?,32?,33?/m1/s1. The Hall–Kier alpha value is -1.14. The molecule has 8 rings (SSSR count). The van der Waals surface area contributed by atoms with E-state index >= 15 is 0 Å². The Morgan fingerprint density at radius 2 is 1.49 bits per heavy atom. The van der Waals surface area contributed by atoms with Gasteiger partial charge in [0.05, 0.1) is 0 Å². The van der Waals surface area contributed by atoms with Gasteiger partial charge in [-0.15, -0.1) is 0 Å². The number of hydrogen-bond donors (Lipinski definition) is 0. The van der Waals surface area contributed by atoms with Crippen molar-refractivity contribution < 1.29 is 9.59 Å². The summed E-state index contributed by atoms with van der Waals surface area (Å²) < 4.78 is 0. The molecule has 8 aliphatic rings. The van der Waals surface area contributed by atoms with E-state index in [-0.39, 0.29) is 0 Å². The number of piperidine rings is 8. The quantitative estimate of drug-likeness (QED) is 0.530. The molecule has 6 nitrogen and oxygen atoms in total. The molecule has 0 saturated carbocycles. The third-order valence-electron chi connectivity index (χ3n) is 13.4. The highest BCUT2D eigenvalue weighted by Crippen LogP contribution is 2.54. The SMILES string of the molecule is O=C1CCCC2C3C[C@@H](CCCC45CCCN6CCCC(C7CCCC(=O)N7C4)C65)CN4CCCC(CN12)C34. The summed E-state index contributed by atoms with van der Waals surface area (Å²) in [6, 6.07) is 2.52. The summed E-state index contributed by atoms with van der Waals surface area (Å²) in [7, 11) is 0. The van der Waals surface area contributed by atoms with E-state index in [2.05, 4.69) is 19.6 Å². The average molecular weight is 537 g/mol. The first-order valence-electron chi connectivity index (χ1n) is 17.2. The molecule has 0 aromatic rings. The third kappa shape index (κ3) is 4.15. The van der Waals surface area contributed by atoms with Gasteiger partial charge in [-0.3, -0.25) is 19.4 Å². The second-order valence-electron chi connectivity index (χ2n) is 15.3. The summed E-state index contributed by atoms with van der Waals surface area (Å²) >= 11 is 0. The number of fused-ring (bicyclic) bond motifs is 4. The third-order valence-corrected chi connectivity index (χ3v) is 13.4. The van der Waals surface area contributed by atoms with Gasteiger partial charge in [-0.2, -0.15) is 0 Å². The van der Waals surface area contributed by atoms with Crippen molar-refractivity contribution in [1.29, 1.82) is 0 Å². The van der Waals surface area contributed by atoms with Crippen LogP contribution in [0.5, 0.6) is 0 Å². The van der Waals surface area contributed by atoms with Crippen LogP contribution in [-0.4, -0.2) is 94.8 Å². The topological polar surface area (TPSA) is 47.1 Å². The molecule has 0 N–H and O–H groups in total. The lowest BCUT2D eigenvalue weighted by Gasteiger charge is -2.64. The maximum absolute atomic E-state index is 13.2. The minimum atomic E-state index is 0.331. The van der Waals surface area contributed by atoms with Crippen molar-refractivity contribution in [2.45, 2.75) is 127 Å². The molecule has 8 heterocycles. The molecule has 39 heavy (non-hydrogen) atoms. The van der Waals surface area contributed by atoms with E-state index in [1.165, 1.54) is 103 Å². The fourth-order valence-electron chi connectivity index (χ4n) is 12.2. The maximum atomic E-state index is 13.2. The summed E-state index contributed by atoms with van der Waals surface area (Å²) in [4.78, 5) is 36.7. The van der Waals surface area contributed by atoms with E-state index in [9.17, 15) is 9.59 Å². The number of carbonyl (C=O) groups excluding carboxylic acids is 2. The van der Waals surface area contributed by atoms with Gasteiger partial charge < -0.3 is 9.80 Å². The van der Waals surface area contributed by atoms with Crippen LogP contribution in [0.2, 0.25) is 0 Å². The zero-order valence-electron chi connectivity index (χ0n) is 24.3. The lowest BCUT2D eigenvalue weighted by atomic mass is 9.58. The molecule has 8 aliphatic heterocycles. The molecule has 0 radical (unpaired) electrons. The molecule has 9 atom stereocenters. The molecule has 0 spiro atoms. The summed E-state index contributed by atoms with van der Waals surface area (Å²) in [5.41, 5.74) is 0.331. The first-order valence-corrected chi connectivity index (χ1v) is 17.2. The van der Waals surface area contributed by atoms with Gasteiger partial charge in [0.15, 0.2) is 0 Å². The molecule has 216 valence electrons. The molecule has 8 fully saturated rings. The van der Waals surface area contributed by atoms with Gasteiger partial charge in [-0.05, 0) is 127 Å². The smallest absolute Gasteiger partial charge is 0.222 e. The van der Waals surface area contributed by atoms with Crippen molar-refractivity contribution in [2.24, 2.45) is 29.1 Å².